The fourth-order valence-electron chi connectivity index (χ4n) is 3.08. The van der Waals surface area contributed by atoms with Gasteiger partial charge in [0.25, 0.3) is 0 Å². The first-order valence-corrected chi connectivity index (χ1v) is 10.4. The first-order chi connectivity index (χ1) is 13.4. The van der Waals surface area contributed by atoms with Crippen LogP contribution in [-0.2, 0) is 0 Å². The molecule has 0 amide bonds. The minimum atomic E-state index is -2.24. The molecule has 0 spiro atoms. The largest absolute Gasteiger partial charge is 0.288 e. The summed E-state index contributed by atoms with van der Waals surface area (Å²) in [5.74, 6) is 0. The van der Waals surface area contributed by atoms with E-state index in [0.717, 1.165) is 16.7 Å². The third kappa shape index (κ3) is 3.85. The quantitative estimate of drug-likeness (QED) is 0.493. The molecule has 0 N–H and O–H groups in total. The molecule has 0 atom stereocenters. The predicted octanol–water partition coefficient (Wildman–Crippen LogP) is 5.91. The zero-order valence-electron chi connectivity index (χ0n) is 16.1. The number of carbonyl (C=O) groups excluding carboxylic acids is 3. The molecular weight excluding hydrogens is 367 g/mol. The first kappa shape index (κ1) is 19.9. The number of hydrogen-bond acceptors (Lipinski definition) is 3. The van der Waals surface area contributed by atoms with Crippen LogP contribution in [0.15, 0.2) is 72.8 Å². The van der Waals surface area contributed by atoms with E-state index >= 15 is 0 Å². The van der Waals surface area contributed by atoms with Crippen molar-refractivity contribution in [1.82, 2.24) is 0 Å². The van der Waals surface area contributed by atoms with Gasteiger partial charge < -0.3 is 0 Å². The molecule has 3 rings (SSSR count). The molecular formula is C24H21O3P. The molecule has 3 aromatic rings. The predicted molar refractivity (Wildman–Crippen MR) is 113 cm³/mol. The highest BCUT2D eigenvalue weighted by atomic mass is 31.1. The second kappa shape index (κ2) is 8.41. The lowest BCUT2D eigenvalue weighted by Crippen LogP contribution is -2.16. The van der Waals surface area contributed by atoms with Crippen LogP contribution in [0.1, 0.15) is 47.8 Å². The molecule has 0 saturated carbocycles. The Balaban J connectivity index is 2.14. The molecule has 0 fully saturated rings. The molecule has 0 saturated heterocycles. The third-order valence-corrected chi connectivity index (χ3v) is 6.68. The summed E-state index contributed by atoms with van der Waals surface area (Å²) in [4.78, 5) is 40.2. The van der Waals surface area contributed by atoms with Crippen molar-refractivity contribution in [2.24, 2.45) is 0 Å². The van der Waals surface area contributed by atoms with Crippen LogP contribution in [0.4, 0.5) is 0 Å². The van der Waals surface area contributed by atoms with Gasteiger partial charge >= 0.3 is 0 Å². The van der Waals surface area contributed by atoms with Crippen LogP contribution < -0.4 is 0 Å². The fraction of sp³-hybridized carbons (Fsp3) is 0.125. The van der Waals surface area contributed by atoms with Gasteiger partial charge in [0.1, 0.15) is 7.92 Å². The molecule has 3 nitrogen and oxygen atoms in total. The lowest BCUT2D eigenvalue weighted by molar-refractivity contribution is 0.102. The minimum absolute atomic E-state index is 0.394. The number of rotatable bonds is 6. The van der Waals surface area contributed by atoms with Crippen molar-refractivity contribution >= 4 is 24.5 Å². The first-order valence-electron chi connectivity index (χ1n) is 9.02. The summed E-state index contributed by atoms with van der Waals surface area (Å²) in [6.07, 6.45) is 0. The Hall–Kier alpha value is -2.90. The van der Waals surface area contributed by atoms with Crippen molar-refractivity contribution in [3.8, 4) is 0 Å². The molecule has 4 heteroatoms. The van der Waals surface area contributed by atoms with Crippen LogP contribution in [0, 0.1) is 20.8 Å². The Labute approximate surface area is 166 Å². The van der Waals surface area contributed by atoms with Crippen LogP contribution in [0.25, 0.3) is 0 Å². The Bertz CT molecular complexity index is 932. The topological polar surface area (TPSA) is 51.2 Å². The molecule has 0 bridgehead atoms. The normalized spacial score (nSPS) is 10.7. The highest BCUT2D eigenvalue weighted by Crippen LogP contribution is 2.47. The summed E-state index contributed by atoms with van der Waals surface area (Å²) in [6, 6.07) is 21.3. The Morgan fingerprint density at radius 3 is 1.00 bits per heavy atom. The molecule has 0 aliphatic heterocycles. The van der Waals surface area contributed by atoms with Crippen LogP contribution in [-0.4, -0.2) is 16.6 Å². The second-order valence-electron chi connectivity index (χ2n) is 6.70. The van der Waals surface area contributed by atoms with E-state index in [9.17, 15) is 14.4 Å². The Kier molecular flexibility index (Phi) is 5.96. The zero-order valence-corrected chi connectivity index (χ0v) is 17.0. The summed E-state index contributed by atoms with van der Waals surface area (Å²) in [5.41, 5.74) is 2.38. The van der Waals surface area contributed by atoms with Crippen molar-refractivity contribution < 1.29 is 14.4 Å². The average molecular weight is 388 g/mol. The van der Waals surface area contributed by atoms with Gasteiger partial charge in [-0.15, -0.1) is 0 Å². The summed E-state index contributed by atoms with van der Waals surface area (Å²) < 4.78 is 0. The Morgan fingerprint density at radius 1 is 0.500 bits per heavy atom. The monoisotopic (exact) mass is 388 g/mol. The lowest BCUT2D eigenvalue weighted by Gasteiger charge is -2.17. The van der Waals surface area contributed by atoms with E-state index in [1.807, 2.05) is 57.2 Å². The molecule has 0 aromatic heterocycles. The number of carbonyl (C=O) groups is 3. The van der Waals surface area contributed by atoms with E-state index in [4.69, 9.17) is 0 Å². The van der Waals surface area contributed by atoms with Gasteiger partial charge in [0.15, 0.2) is 16.6 Å². The van der Waals surface area contributed by atoms with Gasteiger partial charge in [0.05, 0.1) is 0 Å². The van der Waals surface area contributed by atoms with E-state index < -0.39 is 24.5 Å². The minimum Gasteiger partial charge on any atom is -0.288 e. The van der Waals surface area contributed by atoms with Crippen molar-refractivity contribution in [3.05, 3.63) is 106 Å². The van der Waals surface area contributed by atoms with Crippen molar-refractivity contribution in [2.45, 2.75) is 20.8 Å². The van der Waals surface area contributed by atoms with Gasteiger partial charge in [-0.3, -0.25) is 14.4 Å². The maximum Gasteiger partial charge on any atom is 0.200 e. The summed E-state index contributed by atoms with van der Waals surface area (Å²) >= 11 is 0. The van der Waals surface area contributed by atoms with E-state index in [-0.39, 0.29) is 0 Å². The van der Waals surface area contributed by atoms with Crippen molar-refractivity contribution in [2.75, 3.05) is 0 Å². The second-order valence-corrected chi connectivity index (χ2v) is 8.58. The molecule has 0 heterocycles. The fourth-order valence-corrected chi connectivity index (χ4v) is 5.11. The Morgan fingerprint density at radius 2 is 0.750 bits per heavy atom. The van der Waals surface area contributed by atoms with E-state index in [1.54, 1.807) is 36.4 Å². The molecule has 140 valence electrons. The lowest BCUT2D eigenvalue weighted by atomic mass is 10.1. The van der Waals surface area contributed by atoms with E-state index in [0.29, 0.717) is 16.7 Å². The van der Waals surface area contributed by atoms with E-state index in [1.165, 1.54) is 0 Å². The molecule has 0 aliphatic rings. The van der Waals surface area contributed by atoms with Crippen LogP contribution in [0.5, 0.6) is 0 Å². The summed E-state index contributed by atoms with van der Waals surface area (Å²) in [6.45, 7) is 5.45. The van der Waals surface area contributed by atoms with Crippen LogP contribution in [0.2, 0.25) is 0 Å². The summed E-state index contributed by atoms with van der Waals surface area (Å²) in [7, 11) is -2.24. The van der Waals surface area contributed by atoms with Crippen molar-refractivity contribution in [3.63, 3.8) is 0 Å². The number of hydrogen-bond donors (Lipinski definition) is 0. The van der Waals surface area contributed by atoms with Gasteiger partial charge in [0, 0.05) is 16.7 Å². The molecule has 0 aliphatic carbocycles. The van der Waals surface area contributed by atoms with Crippen LogP contribution in [0.3, 0.4) is 0 Å². The van der Waals surface area contributed by atoms with Gasteiger partial charge in [-0.2, -0.15) is 0 Å². The standard InChI is InChI=1S/C24H21O3P/c1-16-10-4-7-13-19(16)22(25)28(23(26)20-14-8-5-11-17(20)2)24(27)21-15-9-6-12-18(21)3/h4-15H,1-3H3. The third-order valence-electron chi connectivity index (χ3n) is 4.74. The highest BCUT2D eigenvalue weighted by molar-refractivity contribution is 8.03. The van der Waals surface area contributed by atoms with Gasteiger partial charge in [-0.1, -0.05) is 72.8 Å². The van der Waals surface area contributed by atoms with E-state index in [2.05, 4.69) is 0 Å². The van der Waals surface area contributed by atoms with Gasteiger partial charge in [0.2, 0.25) is 0 Å². The molecule has 3 aromatic carbocycles. The smallest absolute Gasteiger partial charge is 0.200 e. The number of benzene rings is 3. The molecule has 28 heavy (non-hydrogen) atoms. The van der Waals surface area contributed by atoms with Gasteiger partial charge in [-0.05, 0) is 37.5 Å². The number of aryl methyl sites for hydroxylation is 3. The molecule has 0 radical (unpaired) electrons. The average Bonchev–Trinajstić information content (AvgIpc) is 2.69. The highest BCUT2D eigenvalue weighted by Gasteiger charge is 2.37. The van der Waals surface area contributed by atoms with Crippen LogP contribution >= 0.6 is 7.92 Å². The maximum atomic E-state index is 13.4. The SMILES string of the molecule is Cc1ccccc1C(=O)P(C(=O)c1ccccc1C)C(=O)c1ccccc1C. The molecule has 0 unspecified atom stereocenters. The zero-order chi connectivity index (χ0) is 20.3. The van der Waals surface area contributed by atoms with Gasteiger partial charge in [-0.25, -0.2) is 0 Å². The summed E-state index contributed by atoms with van der Waals surface area (Å²) in [5, 5.41) is 0. The maximum absolute atomic E-state index is 13.4. The van der Waals surface area contributed by atoms with Crippen molar-refractivity contribution in [1.29, 1.82) is 0 Å².